The fraction of sp³-hybridized carbons (Fsp3) is 0.0667. The van der Waals surface area contributed by atoms with Crippen molar-refractivity contribution < 1.29 is 37.5 Å². The van der Waals surface area contributed by atoms with E-state index in [1.54, 1.807) is 17.5 Å². The molecule has 0 saturated heterocycles. The van der Waals surface area contributed by atoms with Gasteiger partial charge in [-0.25, -0.2) is 12.1 Å². The maximum atomic E-state index is 11.1. The molecule has 4 nitrogen and oxygen atoms in total. The molecule has 0 bridgehead atoms. The number of benzene rings is 1. The first-order valence-corrected chi connectivity index (χ1v) is 6.88. The topological polar surface area (TPSA) is 68.0 Å². The summed E-state index contributed by atoms with van der Waals surface area (Å²) in [6.07, 6.45) is 1.56. The van der Waals surface area contributed by atoms with Gasteiger partial charge >= 0.3 is 0 Å². The van der Waals surface area contributed by atoms with Crippen LogP contribution in [0.15, 0.2) is 36.5 Å². The normalized spacial score (nSPS) is 10.1. The molecule has 0 unspecified atom stereocenters. The quantitative estimate of drug-likeness (QED) is 0.680. The fourth-order valence-corrected chi connectivity index (χ4v) is 3.09. The number of nitrogens with zero attached hydrogens (tertiary/aromatic N) is 1. The van der Waals surface area contributed by atoms with Gasteiger partial charge in [-0.05, 0) is 28.5 Å². The smallest absolute Gasteiger partial charge is 0.221 e. The molecule has 0 fully saturated rings. The van der Waals surface area contributed by atoms with Crippen molar-refractivity contribution in [2.45, 2.75) is 6.92 Å². The number of carbonyl (C=O) groups is 1. The third kappa shape index (κ3) is 3.48. The van der Waals surface area contributed by atoms with Crippen molar-refractivity contribution in [2.24, 2.45) is 0 Å². The molecule has 1 radical (unpaired) electrons. The average Bonchev–Trinajstić information content (AvgIpc) is 2.81. The second-order valence-electron chi connectivity index (χ2n) is 4.41. The molecule has 3 N–H and O–H groups in total. The van der Waals surface area contributed by atoms with Gasteiger partial charge in [-0.2, -0.15) is 11.3 Å². The SMILES string of the molecule is CC(=O)Nc1ccc2sc(-c3c[c-]cnc3N)cc2c1.[Y]. The number of amides is 1. The summed E-state index contributed by atoms with van der Waals surface area (Å²) in [7, 11) is 0. The maximum Gasteiger partial charge on any atom is 0.221 e. The molecular formula is C15H12N3OSY-. The van der Waals surface area contributed by atoms with E-state index in [2.05, 4.69) is 16.4 Å². The number of nitrogens with one attached hydrogen (secondary N) is 1. The van der Waals surface area contributed by atoms with Crippen LogP contribution in [0.2, 0.25) is 0 Å². The third-order valence-electron chi connectivity index (χ3n) is 2.88. The zero-order chi connectivity index (χ0) is 14.1. The van der Waals surface area contributed by atoms with Gasteiger partial charge in [0.05, 0.1) is 0 Å². The van der Waals surface area contributed by atoms with Crippen LogP contribution in [0.4, 0.5) is 11.5 Å². The number of carbonyl (C=O) groups excluding carboxylic acids is 1. The summed E-state index contributed by atoms with van der Waals surface area (Å²) >= 11 is 1.64. The van der Waals surface area contributed by atoms with E-state index in [0.29, 0.717) is 5.82 Å². The number of pyridine rings is 1. The Balaban J connectivity index is 0.00000161. The number of fused-ring (bicyclic) bond motifs is 1. The molecule has 0 aliphatic carbocycles. The number of rotatable bonds is 2. The van der Waals surface area contributed by atoms with Crippen LogP contribution in [0.1, 0.15) is 6.92 Å². The summed E-state index contributed by atoms with van der Waals surface area (Å²) in [5.41, 5.74) is 7.56. The predicted molar refractivity (Wildman–Crippen MR) is 82.6 cm³/mol. The molecule has 0 aliphatic rings. The van der Waals surface area contributed by atoms with Crippen LogP contribution in [0.3, 0.4) is 0 Å². The summed E-state index contributed by atoms with van der Waals surface area (Å²) in [5.74, 6) is 0.420. The van der Waals surface area contributed by atoms with Gasteiger partial charge in [-0.3, -0.25) is 9.78 Å². The molecule has 0 spiro atoms. The Morgan fingerprint density at radius 1 is 1.38 bits per heavy atom. The zero-order valence-electron chi connectivity index (χ0n) is 11.4. The van der Waals surface area contributed by atoms with Gasteiger partial charge in [-0.15, -0.1) is 5.56 Å². The predicted octanol–water partition coefficient (Wildman–Crippen LogP) is 3.30. The van der Waals surface area contributed by atoms with Crippen LogP contribution in [0, 0.1) is 6.07 Å². The number of aromatic nitrogens is 1. The van der Waals surface area contributed by atoms with Crippen LogP contribution in [-0.2, 0) is 37.5 Å². The Morgan fingerprint density at radius 2 is 2.19 bits per heavy atom. The zero-order valence-corrected chi connectivity index (χ0v) is 15.0. The van der Waals surface area contributed by atoms with Crippen LogP contribution in [0.5, 0.6) is 0 Å². The number of nitrogens with two attached hydrogens (primary N) is 1. The molecule has 6 heteroatoms. The molecule has 21 heavy (non-hydrogen) atoms. The number of nitrogen functional groups attached to an aromatic ring is 1. The largest absolute Gasteiger partial charge is 0.398 e. The minimum atomic E-state index is -0.0779. The molecule has 3 rings (SSSR count). The van der Waals surface area contributed by atoms with Gasteiger partial charge in [0.15, 0.2) is 0 Å². The third-order valence-corrected chi connectivity index (χ3v) is 4.03. The van der Waals surface area contributed by atoms with E-state index in [4.69, 9.17) is 5.73 Å². The summed E-state index contributed by atoms with van der Waals surface area (Å²) < 4.78 is 1.14. The van der Waals surface area contributed by atoms with Gasteiger partial charge in [-0.1, -0.05) is 12.3 Å². The van der Waals surface area contributed by atoms with Gasteiger partial charge in [0, 0.05) is 55.8 Å². The molecule has 1 aromatic carbocycles. The van der Waals surface area contributed by atoms with E-state index in [1.807, 2.05) is 30.3 Å². The van der Waals surface area contributed by atoms with Crippen molar-refractivity contribution in [1.29, 1.82) is 0 Å². The van der Waals surface area contributed by atoms with Crippen molar-refractivity contribution in [3.63, 3.8) is 0 Å². The standard InChI is InChI=1S/C15H12N3OS.Y/c1-9(19)18-11-4-5-13-10(7-11)8-14(20-13)12-3-2-6-17-15(12)16;/h3-8H,1H3,(H2,16,17)(H,18,19);/q-1;. The van der Waals surface area contributed by atoms with E-state index in [0.717, 1.165) is 26.2 Å². The van der Waals surface area contributed by atoms with Crippen LogP contribution in [0.25, 0.3) is 20.5 Å². The van der Waals surface area contributed by atoms with E-state index >= 15 is 0 Å². The number of thiophene rings is 1. The molecule has 2 heterocycles. The van der Waals surface area contributed by atoms with Gasteiger partial charge in [0.25, 0.3) is 0 Å². The summed E-state index contributed by atoms with van der Waals surface area (Å²) in [6.45, 7) is 1.50. The monoisotopic (exact) mass is 371 g/mol. The average molecular weight is 371 g/mol. The van der Waals surface area contributed by atoms with Gasteiger partial charge < -0.3 is 11.1 Å². The number of anilines is 2. The minimum Gasteiger partial charge on any atom is -0.398 e. The minimum absolute atomic E-state index is 0. The van der Waals surface area contributed by atoms with E-state index in [1.165, 1.54) is 6.92 Å². The second kappa shape index (κ2) is 6.64. The Bertz CT molecular complexity index is 800. The molecule has 2 aromatic heterocycles. The van der Waals surface area contributed by atoms with Gasteiger partial charge in [0.1, 0.15) is 0 Å². The van der Waals surface area contributed by atoms with Crippen molar-refractivity contribution in [3.05, 3.63) is 42.6 Å². The molecule has 0 aliphatic heterocycles. The van der Waals surface area contributed by atoms with Crippen LogP contribution < -0.4 is 11.1 Å². The molecule has 103 valence electrons. The number of hydrogen-bond donors (Lipinski definition) is 2. The van der Waals surface area contributed by atoms with Crippen LogP contribution >= 0.6 is 11.3 Å². The molecule has 1 amide bonds. The summed E-state index contributed by atoms with van der Waals surface area (Å²) in [4.78, 5) is 16.2. The molecular weight excluding hydrogens is 359 g/mol. The molecule has 0 atom stereocenters. The van der Waals surface area contributed by atoms with Crippen molar-refractivity contribution >= 4 is 38.8 Å². The van der Waals surface area contributed by atoms with Crippen molar-refractivity contribution in [3.8, 4) is 10.4 Å². The van der Waals surface area contributed by atoms with Crippen molar-refractivity contribution in [1.82, 2.24) is 4.98 Å². The van der Waals surface area contributed by atoms with Crippen molar-refractivity contribution in [2.75, 3.05) is 11.1 Å². The molecule has 3 aromatic rings. The molecule has 0 saturated carbocycles. The van der Waals surface area contributed by atoms with E-state index in [9.17, 15) is 4.79 Å². The summed E-state index contributed by atoms with van der Waals surface area (Å²) in [5, 5.41) is 3.85. The Labute approximate surface area is 151 Å². The Kier molecular flexibility index (Phi) is 5.09. The van der Waals surface area contributed by atoms with E-state index < -0.39 is 0 Å². The van der Waals surface area contributed by atoms with Gasteiger partial charge in [0.2, 0.25) is 5.91 Å². The Hall–Kier alpha value is -1.30. The van der Waals surface area contributed by atoms with E-state index in [-0.39, 0.29) is 38.6 Å². The van der Waals surface area contributed by atoms with Crippen LogP contribution in [-0.4, -0.2) is 10.9 Å². The second-order valence-corrected chi connectivity index (χ2v) is 5.50. The fourth-order valence-electron chi connectivity index (χ4n) is 2.03. The maximum absolute atomic E-state index is 11.1. The Morgan fingerprint density at radius 3 is 2.90 bits per heavy atom. The first-order chi connectivity index (χ1) is 9.63. The first-order valence-electron chi connectivity index (χ1n) is 6.06. The first kappa shape index (κ1) is 16.1. The number of hydrogen-bond acceptors (Lipinski definition) is 4. The summed E-state index contributed by atoms with van der Waals surface area (Å²) in [6, 6.07) is 12.7.